The Morgan fingerprint density at radius 2 is 1.69 bits per heavy atom. The van der Waals surface area contributed by atoms with Crippen molar-refractivity contribution in [1.82, 2.24) is 14.7 Å². The molecule has 0 spiro atoms. The number of carboxylic acid groups (broad SMARTS) is 1. The second-order valence-electron chi connectivity index (χ2n) is 7.45. The molecule has 170 valence electrons. The third-order valence-electron chi connectivity index (χ3n) is 4.53. The van der Waals surface area contributed by atoms with Crippen LogP contribution >= 0.6 is 0 Å². The van der Waals surface area contributed by atoms with Crippen LogP contribution in [0.2, 0.25) is 0 Å². The molecule has 32 heavy (non-hydrogen) atoms. The fraction of sp³-hybridized carbons (Fsp3) is 0.238. The number of rotatable bonds is 7. The van der Waals surface area contributed by atoms with Gasteiger partial charge in [0.2, 0.25) is 0 Å². The van der Waals surface area contributed by atoms with Gasteiger partial charge in [0.05, 0.1) is 16.3 Å². The number of carbonyl (C=O) groups is 1. The van der Waals surface area contributed by atoms with Gasteiger partial charge in [-0.3, -0.25) is 4.84 Å². The van der Waals surface area contributed by atoms with Gasteiger partial charge in [0, 0.05) is 5.56 Å². The molecule has 1 aromatic heterocycles. The predicted molar refractivity (Wildman–Crippen MR) is 111 cm³/mol. The maximum absolute atomic E-state index is 13.3. The highest BCUT2D eigenvalue weighted by Crippen LogP contribution is 2.33. The van der Waals surface area contributed by atoms with Crippen LogP contribution in [0.1, 0.15) is 25.1 Å². The minimum Gasteiger partial charge on any atom is -0.479 e. The number of benzene rings is 2. The summed E-state index contributed by atoms with van der Waals surface area (Å²) in [6.45, 7) is 4.44. The summed E-state index contributed by atoms with van der Waals surface area (Å²) in [6.07, 6.45) is -4.62. The van der Waals surface area contributed by atoms with E-state index in [1.807, 2.05) is 6.92 Å². The third kappa shape index (κ3) is 5.23. The molecule has 3 aromatic rings. The number of halogens is 3. The molecule has 1 atom stereocenters. The average molecular weight is 467 g/mol. The molecule has 2 N–H and O–H groups in total. The van der Waals surface area contributed by atoms with Crippen LogP contribution < -0.4 is 4.89 Å². The number of aliphatic carboxylic acids is 1. The molecule has 2 aromatic carbocycles. The molecule has 0 amide bonds. The van der Waals surface area contributed by atoms with Crippen molar-refractivity contribution >= 4 is 17.0 Å². The number of nitrogens with zero attached hydrogens (tertiary/aromatic N) is 2. The summed E-state index contributed by atoms with van der Waals surface area (Å²) in [5, 5.41) is 12.8. The van der Waals surface area contributed by atoms with E-state index < -0.39 is 34.4 Å². The minimum atomic E-state index is -4.62. The Bertz CT molecular complexity index is 1140. The van der Waals surface area contributed by atoms with Crippen molar-refractivity contribution in [3.63, 3.8) is 0 Å². The number of hydrogen-bond donors (Lipinski definition) is 2. The van der Waals surface area contributed by atoms with Crippen LogP contribution in [-0.2, 0) is 26.8 Å². The summed E-state index contributed by atoms with van der Waals surface area (Å²) >= 11 is 0. The van der Waals surface area contributed by atoms with E-state index in [-0.39, 0.29) is 10.6 Å². The Hall–Kier alpha value is -3.02. The Balaban J connectivity index is 1.91. The number of alkyl halides is 3. The first-order valence-electron chi connectivity index (χ1n) is 9.32. The van der Waals surface area contributed by atoms with Gasteiger partial charge in [-0.15, -0.1) is 4.89 Å². The van der Waals surface area contributed by atoms with Gasteiger partial charge in [0.1, 0.15) is 11.0 Å². The number of hydrogen-bond acceptors (Lipinski definition) is 4. The van der Waals surface area contributed by atoms with Gasteiger partial charge in [0.25, 0.3) is 0 Å². The second kappa shape index (κ2) is 8.85. The van der Waals surface area contributed by atoms with Crippen molar-refractivity contribution in [2.75, 3.05) is 0 Å². The quantitative estimate of drug-likeness (QED) is 0.506. The number of carboxylic acids is 1. The molecule has 3 rings (SSSR count). The van der Waals surface area contributed by atoms with Crippen LogP contribution in [-0.4, -0.2) is 30.7 Å². The lowest BCUT2D eigenvalue weighted by molar-refractivity contribution is -0.165. The maximum atomic E-state index is 13.3. The molecule has 11 heteroatoms. The zero-order valence-electron chi connectivity index (χ0n) is 17.3. The first-order chi connectivity index (χ1) is 14.9. The van der Waals surface area contributed by atoms with Gasteiger partial charge < -0.3 is 5.11 Å². The normalized spacial score (nSPS) is 13.2. The van der Waals surface area contributed by atoms with Gasteiger partial charge in [-0.1, -0.05) is 29.8 Å². The highest BCUT2D eigenvalue weighted by atomic mass is 32.2. The van der Waals surface area contributed by atoms with Crippen molar-refractivity contribution in [3.05, 3.63) is 65.9 Å². The van der Waals surface area contributed by atoms with Crippen LogP contribution in [0, 0.1) is 6.92 Å². The van der Waals surface area contributed by atoms with Gasteiger partial charge in [-0.2, -0.15) is 18.3 Å². The van der Waals surface area contributed by atoms with Crippen LogP contribution in [0.25, 0.3) is 16.9 Å². The van der Waals surface area contributed by atoms with Crippen molar-refractivity contribution < 1.29 is 32.1 Å². The second-order valence-corrected chi connectivity index (χ2v) is 8.63. The van der Waals surface area contributed by atoms with E-state index in [0.29, 0.717) is 11.3 Å². The van der Waals surface area contributed by atoms with E-state index in [1.165, 1.54) is 38.1 Å². The summed E-state index contributed by atoms with van der Waals surface area (Å²) in [5.74, 6) is -1.25. The van der Waals surface area contributed by atoms with Crippen molar-refractivity contribution in [2.45, 2.75) is 37.4 Å². The summed E-state index contributed by atoms with van der Waals surface area (Å²) in [5.41, 5.74) is -0.561. The molecule has 0 saturated carbocycles. The van der Waals surface area contributed by atoms with E-state index in [0.717, 1.165) is 16.3 Å². The summed E-state index contributed by atoms with van der Waals surface area (Å²) in [7, 11) is -1.91. The Labute approximate surface area is 184 Å². The summed E-state index contributed by atoms with van der Waals surface area (Å²) < 4.78 is 53.4. The number of aromatic nitrogens is 2. The van der Waals surface area contributed by atoms with Crippen molar-refractivity contribution in [2.24, 2.45) is 0 Å². The Kier molecular flexibility index (Phi) is 6.54. The predicted octanol–water partition coefficient (Wildman–Crippen LogP) is 4.27. The lowest BCUT2D eigenvalue weighted by Crippen LogP contribution is -2.40. The molecule has 0 aliphatic carbocycles. The van der Waals surface area contributed by atoms with Crippen LogP contribution in [0.3, 0.4) is 0 Å². The number of aryl methyl sites for hydroxylation is 1. The SMILES string of the molecule is Cc1ccc(-c2cc(C(F)(F)F)nn2-c2ccc(S(=O)NOC(C)(C)C(=O)O)cc2)cc1. The fourth-order valence-electron chi connectivity index (χ4n) is 2.59. The molecule has 0 aliphatic rings. The smallest absolute Gasteiger partial charge is 0.435 e. The molecular weight excluding hydrogens is 447 g/mol. The van der Waals surface area contributed by atoms with Crippen LogP contribution in [0.5, 0.6) is 0 Å². The zero-order valence-corrected chi connectivity index (χ0v) is 18.1. The monoisotopic (exact) mass is 467 g/mol. The van der Waals surface area contributed by atoms with Crippen molar-refractivity contribution in [1.29, 1.82) is 0 Å². The average Bonchev–Trinajstić information content (AvgIpc) is 3.18. The van der Waals surface area contributed by atoms with Gasteiger partial charge in [-0.25, -0.2) is 13.7 Å². The van der Waals surface area contributed by atoms with E-state index >= 15 is 0 Å². The minimum absolute atomic E-state index is 0.232. The number of nitrogens with one attached hydrogen (secondary N) is 1. The molecule has 0 saturated heterocycles. The van der Waals surface area contributed by atoms with E-state index in [9.17, 15) is 22.2 Å². The highest BCUT2D eigenvalue weighted by Gasteiger charge is 2.35. The van der Waals surface area contributed by atoms with Crippen LogP contribution in [0.4, 0.5) is 13.2 Å². The molecular formula is C21H20F3N3O4S. The standard InChI is InChI=1S/C21H20F3N3O4S/c1-13-4-6-14(7-5-13)17-12-18(21(22,23)24)25-27(17)15-8-10-16(11-9-15)32(30)26-31-20(2,3)19(28)29/h4-12,26H,1-3H3,(H,28,29). The fourth-order valence-corrected chi connectivity index (χ4v) is 3.35. The first kappa shape index (κ1) is 23.6. The first-order valence-corrected chi connectivity index (χ1v) is 10.5. The molecule has 1 unspecified atom stereocenters. The molecule has 0 fully saturated rings. The Morgan fingerprint density at radius 3 is 2.22 bits per heavy atom. The summed E-state index contributed by atoms with van der Waals surface area (Å²) in [6, 6.07) is 13.7. The van der Waals surface area contributed by atoms with Gasteiger partial charge >= 0.3 is 12.1 Å². The zero-order chi connectivity index (χ0) is 23.7. The molecule has 1 heterocycles. The molecule has 0 aliphatic heterocycles. The third-order valence-corrected chi connectivity index (χ3v) is 5.47. The topological polar surface area (TPSA) is 93.5 Å². The molecule has 0 bridgehead atoms. The Morgan fingerprint density at radius 1 is 1.09 bits per heavy atom. The molecule has 7 nitrogen and oxygen atoms in total. The van der Waals surface area contributed by atoms with E-state index in [4.69, 9.17) is 9.94 Å². The van der Waals surface area contributed by atoms with Gasteiger partial charge in [-0.05, 0) is 51.1 Å². The summed E-state index contributed by atoms with van der Waals surface area (Å²) in [4.78, 5) is 18.4. The molecule has 0 radical (unpaired) electrons. The lowest BCUT2D eigenvalue weighted by atomic mass is 10.1. The van der Waals surface area contributed by atoms with Gasteiger partial charge in [0.15, 0.2) is 11.3 Å². The lowest BCUT2D eigenvalue weighted by Gasteiger charge is -2.19. The maximum Gasteiger partial charge on any atom is 0.435 e. The highest BCUT2D eigenvalue weighted by molar-refractivity contribution is 7.82. The largest absolute Gasteiger partial charge is 0.479 e. The van der Waals surface area contributed by atoms with E-state index in [2.05, 4.69) is 9.98 Å². The van der Waals surface area contributed by atoms with Crippen LogP contribution in [0.15, 0.2) is 59.5 Å². The van der Waals surface area contributed by atoms with E-state index in [1.54, 1.807) is 24.3 Å². The van der Waals surface area contributed by atoms with Crippen molar-refractivity contribution in [3.8, 4) is 16.9 Å².